The van der Waals surface area contributed by atoms with Gasteiger partial charge in [-0.25, -0.2) is 4.79 Å². The summed E-state index contributed by atoms with van der Waals surface area (Å²) >= 11 is 0. The zero-order chi connectivity index (χ0) is 16.3. The topological polar surface area (TPSA) is 104 Å². The predicted molar refractivity (Wildman–Crippen MR) is 70.6 cm³/mol. The maximum atomic E-state index is 11.5. The van der Waals surface area contributed by atoms with E-state index in [2.05, 4.69) is 0 Å². The summed E-state index contributed by atoms with van der Waals surface area (Å²) in [7, 11) is 0. The van der Waals surface area contributed by atoms with E-state index < -0.39 is 54.2 Å². The van der Waals surface area contributed by atoms with Crippen molar-refractivity contribution in [3.63, 3.8) is 0 Å². The molecule has 3 saturated heterocycles. The van der Waals surface area contributed by atoms with E-state index in [1.54, 1.807) is 27.7 Å². The van der Waals surface area contributed by atoms with Crippen molar-refractivity contribution in [3.8, 4) is 0 Å². The minimum absolute atomic E-state index is 0.299. The molecule has 3 fully saturated rings. The van der Waals surface area contributed by atoms with Crippen molar-refractivity contribution in [1.29, 1.82) is 0 Å². The van der Waals surface area contributed by atoms with Crippen molar-refractivity contribution in [1.82, 2.24) is 0 Å². The van der Waals surface area contributed by atoms with E-state index in [1.165, 1.54) is 0 Å². The van der Waals surface area contributed by atoms with Gasteiger partial charge >= 0.3 is 5.97 Å². The monoisotopic (exact) mass is 318 g/mol. The smallest absolute Gasteiger partial charge is 0.338 e. The molecule has 0 aliphatic carbocycles. The predicted octanol–water partition coefficient (Wildman–Crippen LogP) is -0.695. The standard InChI is InChI=1S/C14H22O8/c1-13(2)18-5-6(20-13)9-11(22-14(3,4)21-9)10-7(15)8(16)12(17)19-10/h6-11,15-16H,5H2,1-4H3/t6-,7+,8+,9-,10+,11+/m1/s1. The van der Waals surface area contributed by atoms with Gasteiger partial charge in [-0.3, -0.25) is 0 Å². The Balaban J connectivity index is 1.81. The number of aliphatic hydroxyl groups excluding tert-OH is 2. The summed E-state index contributed by atoms with van der Waals surface area (Å²) in [6, 6.07) is 0. The van der Waals surface area contributed by atoms with Gasteiger partial charge in [-0.2, -0.15) is 0 Å². The maximum absolute atomic E-state index is 11.5. The Labute approximate surface area is 128 Å². The van der Waals surface area contributed by atoms with E-state index >= 15 is 0 Å². The van der Waals surface area contributed by atoms with E-state index in [9.17, 15) is 15.0 Å². The Kier molecular flexibility index (Phi) is 3.75. The van der Waals surface area contributed by atoms with E-state index in [-0.39, 0.29) is 0 Å². The van der Waals surface area contributed by atoms with Gasteiger partial charge < -0.3 is 33.9 Å². The number of carbonyl (C=O) groups excluding carboxylic acids is 1. The fraction of sp³-hybridized carbons (Fsp3) is 0.929. The molecule has 0 aromatic carbocycles. The van der Waals surface area contributed by atoms with Crippen LogP contribution in [0.1, 0.15) is 27.7 Å². The van der Waals surface area contributed by atoms with Crippen molar-refractivity contribution in [2.45, 2.75) is 75.9 Å². The van der Waals surface area contributed by atoms with Crippen LogP contribution in [-0.2, 0) is 28.5 Å². The molecule has 0 saturated carbocycles. The number of carbonyl (C=O) groups is 1. The summed E-state index contributed by atoms with van der Waals surface area (Å²) in [5, 5.41) is 19.6. The Hall–Kier alpha value is -0.770. The minimum atomic E-state index is -1.57. The lowest BCUT2D eigenvalue weighted by molar-refractivity contribution is -0.176. The number of hydrogen-bond acceptors (Lipinski definition) is 8. The fourth-order valence-corrected chi connectivity index (χ4v) is 3.09. The molecule has 22 heavy (non-hydrogen) atoms. The van der Waals surface area contributed by atoms with Crippen molar-refractivity contribution in [2.24, 2.45) is 0 Å². The number of ether oxygens (including phenoxy) is 5. The Morgan fingerprint density at radius 2 is 1.59 bits per heavy atom. The summed E-state index contributed by atoms with van der Waals surface area (Å²) in [5.74, 6) is -2.53. The molecule has 0 aromatic rings. The first-order chi connectivity index (χ1) is 10.1. The minimum Gasteiger partial charge on any atom is -0.455 e. The van der Waals surface area contributed by atoms with Gasteiger partial charge in [-0.1, -0.05) is 0 Å². The zero-order valence-corrected chi connectivity index (χ0v) is 13.0. The first-order valence-electron chi connectivity index (χ1n) is 7.34. The second-order valence-electron chi connectivity index (χ2n) is 6.77. The van der Waals surface area contributed by atoms with Crippen LogP contribution in [0, 0.1) is 0 Å². The van der Waals surface area contributed by atoms with E-state index in [0.717, 1.165) is 0 Å². The fourth-order valence-electron chi connectivity index (χ4n) is 3.09. The molecule has 0 unspecified atom stereocenters. The summed E-state index contributed by atoms with van der Waals surface area (Å²) in [6.07, 6.45) is -5.72. The van der Waals surface area contributed by atoms with Gasteiger partial charge in [0, 0.05) is 0 Å². The van der Waals surface area contributed by atoms with Crippen LogP contribution in [0.2, 0.25) is 0 Å². The summed E-state index contributed by atoms with van der Waals surface area (Å²) in [4.78, 5) is 11.5. The van der Waals surface area contributed by atoms with Gasteiger partial charge in [-0.15, -0.1) is 0 Å². The molecular weight excluding hydrogens is 296 g/mol. The highest BCUT2D eigenvalue weighted by atomic mass is 16.8. The van der Waals surface area contributed by atoms with Crippen LogP contribution in [-0.4, -0.2) is 71.0 Å². The molecule has 8 nitrogen and oxygen atoms in total. The first-order valence-corrected chi connectivity index (χ1v) is 7.34. The molecule has 0 aromatic heterocycles. The highest BCUT2D eigenvalue weighted by Gasteiger charge is 2.58. The maximum Gasteiger partial charge on any atom is 0.338 e. The largest absolute Gasteiger partial charge is 0.455 e. The average molecular weight is 318 g/mol. The lowest BCUT2D eigenvalue weighted by Gasteiger charge is -2.27. The summed E-state index contributed by atoms with van der Waals surface area (Å²) < 4.78 is 28.0. The Bertz CT molecular complexity index is 462. The number of esters is 1. The third-order valence-corrected chi connectivity index (χ3v) is 4.04. The van der Waals surface area contributed by atoms with Crippen LogP contribution in [0.3, 0.4) is 0 Å². The highest BCUT2D eigenvalue weighted by Crippen LogP contribution is 2.39. The van der Waals surface area contributed by atoms with Crippen LogP contribution in [0.15, 0.2) is 0 Å². The second kappa shape index (κ2) is 5.12. The molecule has 2 N–H and O–H groups in total. The molecule has 3 aliphatic heterocycles. The van der Waals surface area contributed by atoms with Crippen molar-refractivity contribution < 1.29 is 38.7 Å². The molecule has 0 bridgehead atoms. The molecule has 6 atom stereocenters. The number of rotatable bonds is 2. The van der Waals surface area contributed by atoms with Gasteiger partial charge in [0.05, 0.1) is 6.61 Å². The third-order valence-electron chi connectivity index (χ3n) is 4.04. The van der Waals surface area contributed by atoms with Crippen molar-refractivity contribution >= 4 is 5.97 Å². The van der Waals surface area contributed by atoms with Crippen LogP contribution >= 0.6 is 0 Å². The SMILES string of the molecule is CC1(C)O[C@H]([C@H]2OC(=O)[C@@H](O)[C@@H]2O)[C@@H]([C@H]2COC(C)(C)O2)O1. The van der Waals surface area contributed by atoms with Gasteiger partial charge in [0.15, 0.2) is 23.8 Å². The van der Waals surface area contributed by atoms with Gasteiger partial charge in [0.1, 0.15) is 24.4 Å². The molecule has 0 spiro atoms. The summed E-state index contributed by atoms with van der Waals surface area (Å²) in [5.41, 5.74) is 0. The van der Waals surface area contributed by atoms with Gasteiger partial charge in [0.2, 0.25) is 0 Å². The van der Waals surface area contributed by atoms with Crippen LogP contribution < -0.4 is 0 Å². The Morgan fingerprint density at radius 1 is 0.955 bits per heavy atom. The third kappa shape index (κ3) is 2.75. The van der Waals surface area contributed by atoms with E-state index in [1.807, 2.05) is 0 Å². The Morgan fingerprint density at radius 3 is 2.09 bits per heavy atom. The highest BCUT2D eigenvalue weighted by molar-refractivity contribution is 5.77. The molecule has 3 aliphatic rings. The van der Waals surface area contributed by atoms with E-state index in [4.69, 9.17) is 23.7 Å². The molecular formula is C14H22O8. The van der Waals surface area contributed by atoms with Crippen LogP contribution in [0.5, 0.6) is 0 Å². The van der Waals surface area contributed by atoms with Crippen molar-refractivity contribution in [2.75, 3.05) is 6.61 Å². The summed E-state index contributed by atoms with van der Waals surface area (Å²) in [6.45, 7) is 7.32. The van der Waals surface area contributed by atoms with Crippen molar-refractivity contribution in [3.05, 3.63) is 0 Å². The van der Waals surface area contributed by atoms with Gasteiger partial charge in [0.25, 0.3) is 0 Å². The number of hydrogen-bond donors (Lipinski definition) is 2. The molecule has 8 heteroatoms. The van der Waals surface area contributed by atoms with Gasteiger partial charge in [-0.05, 0) is 27.7 Å². The van der Waals surface area contributed by atoms with Crippen LogP contribution in [0.4, 0.5) is 0 Å². The zero-order valence-electron chi connectivity index (χ0n) is 13.0. The molecule has 126 valence electrons. The number of cyclic esters (lactones) is 1. The molecule has 0 radical (unpaired) electrons. The molecule has 3 heterocycles. The molecule has 0 amide bonds. The lowest BCUT2D eigenvalue weighted by atomic mass is 9.98. The number of aliphatic hydroxyl groups is 2. The van der Waals surface area contributed by atoms with Crippen LogP contribution in [0.25, 0.3) is 0 Å². The first kappa shape index (κ1) is 16.1. The molecule has 3 rings (SSSR count). The quantitative estimate of drug-likeness (QED) is 0.645. The average Bonchev–Trinajstić information content (AvgIpc) is 3.00. The lowest BCUT2D eigenvalue weighted by Crippen LogP contribution is -2.48. The van der Waals surface area contributed by atoms with E-state index in [0.29, 0.717) is 6.61 Å². The normalized spacial score (nSPS) is 46.9. The second-order valence-corrected chi connectivity index (χ2v) is 6.77.